The topological polar surface area (TPSA) is 184 Å². The molecule has 4 amide bonds. The summed E-state index contributed by atoms with van der Waals surface area (Å²) in [5, 5.41) is 7.58. The smallest absolute Gasteiger partial charge is 0.407 e. The van der Waals surface area contributed by atoms with Crippen LogP contribution in [0.25, 0.3) is 44.4 Å². The van der Waals surface area contributed by atoms with Crippen molar-refractivity contribution in [3.05, 3.63) is 114 Å². The highest BCUT2D eigenvalue weighted by Crippen LogP contribution is 2.42. The number of amides is 4. The van der Waals surface area contributed by atoms with Gasteiger partial charge in [0.25, 0.3) is 5.91 Å². The number of imidazole rings is 2. The van der Waals surface area contributed by atoms with Crippen molar-refractivity contribution < 1.29 is 33.4 Å². The van der Waals surface area contributed by atoms with Crippen molar-refractivity contribution in [1.82, 2.24) is 40.4 Å². The van der Waals surface area contributed by atoms with Gasteiger partial charge in [0.1, 0.15) is 41.8 Å². The second-order valence-electron chi connectivity index (χ2n) is 16.6. The summed E-state index contributed by atoms with van der Waals surface area (Å²) in [5.74, 6) is 1.68. The molecule has 2 fully saturated rings. The fraction of sp³-hybridized carbons (Fsp3) is 0.333. The molecule has 15 heteroatoms. The third kappa shape index (κ3) is 8.06. The molecular formula is C48H50N8O7. The summed E-state index contributed by atoms with van der Waals surface area (Å²) in [6.07, 6.45) is 3.66. The van der Waals surface area contributed by atoms with E-state index in [9.17, 15) is 19.2 Å². The first-order valence-corrected chi connectivity index (χ1v) is 21.4. The van der Waals surface area contributed by atoms with Crippen LogP contribution in [-0.2, 0) is 25.7 Å². The van der Waals surface area contributed by atoms with Crippen molar-refractivity contribution in [3.63, 3.8) is 0 Å². The molecule has 0 unspecified atom stereocenters. The van der Waals surface area contributed by atoms with Crippen LogP contribution >= 0.6 is 0 Å². The van der Waals surface area contributed by atoms with Crippen molar-refractivity contribution in [2.45, 2.75) is 70.3 Å². The summed E-state index contributed by atoms with van der Waals surface area (Å²) >= 11 is 0. The van der Waals surface area contributed by atoms with E-state index in [4.69, 9.17) is 24.2 Å². The van der Waals surface area contributed by atoms with Gasteiger partial charge in [-0.15, -0.1) is 0 Å². The Labute approximate surface area is 364 Å². The lowest BCUT2D eigenvalue weighted by molar-refractivity contribution is -0.135. The Morgan fingerprint density at radius 3 is 2.10 bits per heavy atom. The zero-order valence-electron chi connectivity index (χ0n) is 35.6. The number of ether oxygens (including phenoxy) is 3. The van der Waals surface area contributed by atoms with Crippen molar-refractivity contribution in [2.24, 2.45) is 5.92 Å². The molecule has 6 aromatic rings. The van der Waals surface area contributed by atoms with Crippen LogP contribution in [0.15, 0.2) is 91.1 Å². The number of likely N-dealkylation sites (tertiary alicyclic amines) is 2. The first kappa shape index (κ1) is 41.2. The van der Waals surface area contributed by atoms with Crippen molar-refractivity contribution in [1.29, 1.82) is 0 Å². The van der Waals surface area contributed by atoms with E-state index in [2.05, 4.69) is 75.2 Å². The van der Waals surface area contributed by atoms with E-state index in [-0.39, 0.29) is 36.4 Å². The number of fused-ring (bicyclic) bond motifs is 4. The number of hydrogen-bond acceptors (Lipinski definition) is 9. The summed E-state index contributed by atoms with van der Waals surface area (Å²) < 4.78 is 15.9. The van der Waals surface area contributed by atoms with Gasteiger partial charge in [0.2, 0.25) is 5.91 Å². The number of carbonyl (C=O) groups is 4. The number of hydrogen-bond donors (Lipinski definition) is 4. The molecule has 9 rings (SSSR count). The van der Waals surface area contributed by atoms with Crippen LogP contribution in [-0.4, -0.2) is 87.1 Å². The van der Waals surface area contributed by atoms with Gasteiger partial charge in [0, 0.05) is 24.2 Å². The molecule has 2 saturated heterocycles. The van der Waals surface area contributed by atoms with Gasteiger partial charge in [-0.25, -0.2) is 19.6 Å². The third-order valence-corrected chi connectivity index (χ3v) is 12.4. The molecule has 63 heavy (non-hydrogen) atoms. The highest BCUT2D eigenvalue weighted by Gasteiger charge is 2.39. The minimum absolute atomic E-state index is 0.113. The van der Waals surface area contributed by atoms with E-state index in [0.29, 0.717) is 24.5 Å². The zero-order chi connectivity index (χ0) is 43.8. The minimum atomic E-state index is -0.898. The fourth-order valence-electron chi connectivity index (χ4n) is 9.12. The molecule has 0 aliphatic carbocycles. The quantitative estimate of drug-likeness (QED) is 0.106. The number of nitrogens with one attached hydrogen (secondary N) is 4. The second-order valence-corrected chi connectivity index (χ2v) is 16.6. The minimum Gasteiger partial charge on any atom is -0.486 e. The molecular weight excluding hydrogens is 801 g/mol. The molecule has 4 aromatic carbocycles. The molecule has 324 valence electrons. The van der Waals surface area contributed by atoms with Crippen LogP contribution in [0.4, 0.5) is 9.59 Å². The Morgan fingerprint density at radius 2 is 1.38 bits per heavy atom. The summed E-state index contributed by atoms with van der Waals surface area (Å²) in [7, 11) is 2.57. The number of alkyl carbamates (subject to hydrolysis) is 2. The Hall–Kier alpha value is -7.16. The lowest BCUT2D eigenvalue weighted by Crippen LogP contribution is -2.51. The molecule has 3 aliphatic rings. The monoisotopic (exact) mass is 850 g/mol. The maximum Gasteiger partial charge on any atom is 0.407 e. The lowest BCUT2D eigenvalue weighted by Gasteiger charge is -2.30. The number of benzene rings is 4. The Morgan fingerprint density at radius 1 is 0.746 bits per heavy atom. The predicted octanol–water partition coefficient (Wildman–Crippen LogP) is 7.98. The summed E-state index contributed by atoms with van der Waals surface area (Å²) in [5.41, 5.74) is 7.12. The molecule has 0 saturated carbocycles. The molecule has 4 N–H and O–H groups in total. The average Bonchev–Trinajstić information content (AvgIpc) is 4.16. The van der Waals surface area contributed by atoms with E-state index in [1.165, 1.54) is 14.2 Å². The first-order chi connectivity index (χ1) is 30.6. The van der Waals surface area contributed by atoms with Gasteiger partial charge in [0.15, 0.2) is 0 Å². The van der Waals surface area contributed by atoms with Gasteiger partial charge in [-0.3, -0.25) is 9.59 Å². The number of methoxy groups -OCH3 is 2. The maximum absolute atomic E-state index is 14.1. The van der Waals surface area contributed by atoms with Gasteiger partial charge in [-0.1, -0.05) is 74.5 Å². The normalized spacial score (nSPS) is 17.7. The van der Waals surface area contributed by atoms with Gasteiger partial charge >= 0.3 is 12.2 Å². The van der Waals surface area contributed by atoms with E-state index < -0.39 is 24.3 Å². The van der Waals surface area contributed by atoms with Crippen LogP contribution in [0, 0.1) is 5.92 Å². The molecule has 0 spiro atoms. The summed E-state index contributed by atoms with van der Waals surface area (Å²) in [6.45, 7) is 5.22. The number of H-pyrrole nitrogens is 2. The molecule has 3 aliphatic heterocycles. The van der Waals surface area contributed by atoms with Gasteiger partial charge < -0.3 is 44.6 Å². The van der Waals surface area contributed by atoms with Crippen LogP contribution < -0.4 is 15.4 Å². The van der Waals surface area contributed by atoms with E-state index in [1.54, 1.807) is 4.90 Å². The van der Waals surface area contributed by atoms with Crippen LogP contribution in [0.2, 0.25) is 0 Å². The van der Waals surface area contributed by atoms with E-state index in [0.717, 1.165) is 87.4 Å². The van der Waals surface area contributed by atoms with Crippen LogP contribution in [0.1, 0.15) is 80.6 Å². The van der Waals surface area contributed by atoms with Gasteiger partial charge in [0.05, 0.1) is 43.9 Å². The standard InChI is InChI=1S/C48H50N8O7/c1-27(2)40(53-47(59)61-3)45(57)55-20-8-12-37(55)43-49-25-35(50-43)33-17-16-29-22-30(14-15-31(29)23-33)32-18-19-34-39(24-32)63-26-36-42(34)52-44(51-36)38-13-9-21-56(38)46(58)41(54-48(60)62-4)28-10-6-5-7-11-28/h5-7,10-11,14-19,22-25,27,37-38,40-41H,8-9,12-13,20-21,26H2,1-4H3,(H,49,50)(H,51,52)(H,53,59)(H,54,60)/t37-,38-,40-,41+/m0/s1. The molecule has 4 atom stereocenters. The van der Waals surface area contributed by atoms with Crippen molar-refractivity contribution in [2.75, 3.05) is 27.3 Å². The Bertz CT molecular complexity index is 2690. The number of aromatic nitrogens is 4. The van der Waals surface area contributed by atoms with Crippen molar-refractivity contribution in [3.8, 4) is 39.4 Å². The Kier molecular flexibility index (Phi) is 11.3. The fourth-order valence-corrected chi connectivity index (χ4v) is 9.12. The van der Waals surface area contributed by atoms with Crippen molar-refractivity contribution >= 4 is 34.8 Å². The molecule has 0 bridgehead atoms. The third-order valence-electron chi connectivity index (χ3n) is 12.4. The maximum atomic E-state index is 14.1. The molecule has 5 heterocycles. The van der Waals surface area contributed by atoms with E-state index >= 15 is 0 Å². The molecule has 2 aromatic heterocycles. The highest BCUT2D eigenvalue weighted by atomic mass is 16.5. The first-order valence-electron chi connectivity index (χ1n) is 21.4. The zero-order valence-corrected chi connectivity index (χ0v) is 35.6. The second kappa shape index (κ2) is 17.3. The number of rotatable bonds is 10. The number of carbonyl (C=O) groups excluding carboxylic acids is 4. The SMILES string of the molecule is COC(=O)N[C@H](C(=O)N1CCC[C@H]1c1ncc(-c2ccc3cc(-c4ccc5c(c4)OCc4nc([C@@H]6CCCN6C(=O)[C@H](NC(=O)OC)c6ccccc6)[nH]c4-5)ccc3c2)[nH]1)C(C)C. The summed E-state index contributed by atoms with van der Waals surface area (Å²) in [4.78, 5) is 72.3. The Balaban J connectivity index is 0.908. The highest BCUT2D eigenvalue weighted by molar-refractivity contribution is 5.91. The average molecular weight is 851 g/mol. The largest absolute Gasteiger partial charge is 0.486 e. The predicted molar refractivity (Wildman–Crippen MR) is 235 cm³/mol. The van der Waals surface area contributed by atoms with Crippen LogP contribution in [0.3, 0.4) is 0 Å². The number of nitrogens with zero attached hydrogens (tertiary/aromatic N) is 4. The van der Waals surface area contributed by atoms with Crippen LogP contribution in [0.5, 0.6) is 5.75 Å². The lowest BCUT2D eigenvalue weighted by atomic mass is 9.97. The molecule has 15 nitrogen and oxygen atoms in total. The summed E-state index contributed by atoms with van der Waals surface area (Å²) in [6, 6.07) is 25.9. The molecule has 0 radical (unpaired) electrons. The number of aromatic amines is 2. The van der Waals surface area contributed by atoms with Gasteiger partial charge in [-0.2, -0.15) is 0 Å². The van der Waals surface area contributed by atoms with Gasteiger partial charge in [-0.05, 0) is 83.3 Å². The van der Waals surface area contributed by atoms with E-state index in [1.807, 2.05) is 55.3 Å².